The van der Waals surface area contributed by atoms with E-state index in [4.69, 9.17) is 32.8 Å². The lowest BCUT2D eigenvalue weighted by atomic mass is 10.1. The number of sulfonamides is 1. The monoisotopic (exact) mass is 458 g/mol. The van der Waals surface area contributed by atoms with Crippen molar-refractivity contribution in [2.75, 3.05) is 0 Å². The average molecular weight is 459 g/mol. The molecule has 2 N–H and O–H groups in total. The zero-order valence-corrected chi connectivity index (χ0v) is 17.9. The van der Waals surface area contributed by atoms with Crippen LogP contribution in [0.3, 0.4) is 0 Å². The molecule has 4 aromatic rings. The van der Waals surface area contributed by atoms with Crippen LogP contribution in [0.5, 0.6) is 0 Å². The molecule has 1 aromatic heterocycles. The van der Waals surface area contributed by atoms with Crippen molar-refractivity contribution in [2.24, 2.45) is 5.14 Å². The summed E-state index contributed by atoms with van der Waals surface area (Å²) in [5, 5.41) is 6.03. The molecule has 0 spiro atoms. The number of halogens is 2. The van der Waals surface area contributed by atoms with E-state index in [0.717, 1.165) is 5.56 Å². The Bertz CT molecular complexity index is 1300. The highest BCUT2D eigenvalue weighted by Crippen LogP contribution is 2.36. The number of aromatic nitrogens is 1. The standard InChI is InChI=1S/C22H16Cl2N2O3S/c23-18-11-8-16(13-19(18)24)22-21(15-6-9-17(10-7-15)30(25,27)28)26-20(29-22)12-14-4-2-1-3-5-14/h1-11,13H,12H2,(H2,25,27,28). The molecule has 0 saturated carbocycles. The topological polar surface area (TPSA) is 86.2 Å². The van der Waals surface area contributed by atoms with E-state index < -0.39 is 10.0 Å². The van der Waals surface area contributed by atoms with Crippen molar-refractivity contribution < 1.29 is 12.8 Å². The molecule has 152 valence electrons. The lowest BCUT2D eigenvalue weighted by molar-refractivity contribution is 0.519. The van der Waals surface area contributed by atoms with E-state index in [1.807, 2.05) is 30.3 Å². The molecule has 0 radical (unpaired) electrons. The predicted molar refractivity (Wildman–Crippen MR) is 118 cm³/mol. The second kappa shape index (κ2) is 8.24. The summed E-state index contributed by atoms with van der Waals surface area (Å²) in [7, 11) is -3.79. The molecule has 0 amide bonds. The van der Waals surface area contributed by atoms with E-state index in [9.17, 15) is 8.42 Å². The molecule has 0 fully saturated rings. The molecule has 30 heavy (non-hydrogen) atoms. The summed E-state index contributed by atoms with van der Waals surface area (Å²) in [6.07, 6.45) is 0.504. The summed E-state index contributed by atoms with van der Waals surface area (Å²) in [5.74, 6) is 1.04. The number of hydrogen-bond donors (Lipinski definition) is 1. The maximum Gasteiger partial charge on any atom is 0.238 e. The largest absolute Gasteiger partial charge is 0.440 e. The lowest BCUT2D eigenvalue weighted by Gasteiger charge is -2.04. The maximum atomic E-state index is 11.6. The molecule has 4 rings (SSSR count). The quantitative estimate of drug-likeness (QED) is 0.424. The van der Waals surface area contributed by atoms with Crippen molar-refractivity contribution in [1.29, 1.82) is 0 Å². The second-order valence-electron chi connectivity index (χ2n) is 6.65. The first-order chi connectivity index (χ1) is 14.3. The molecule has 0 saturated heterocycles. The Morgan fingerprint density at radius 2 is 1.53 bits per heavy atom. The molecule has 0 aliphatic carbocycles. The Morgan fingerprint density at radius 3 is 2.17 bits per heavy atom. The maximum absolute atomic E-state index is 11.6. The third kappa shape index (κ3) is 4.42. The summed E-state index contributed by atoms with van der Waals surface area (Å²) in [6.45, 7) is 0. The zero-order chi connectivity index (χ0) is 21.3. The average Bonchev–Trinajstić information content (AvgIpc) is 3.14. The van der Waals surface area contributed by atoms with Gasteiger partial charge >= 0.3 is 0 Å². The number of hydrogen-bond acceptors (Lipinski definition) is 4. The highest BCUT2D eigenvalue weighted by molar-refractivity contribution is 7.89. The minimum atomic E-state index is -3.79. The molecule has 0 aliphatic heterocycles. The summed E-state index contributed by atoms with van der Waals surface area (Å²) in [6, 6.07) is 21.2. The van der Waals surface area contributed by atoms with Gasteiger partial charge in [-0.05, 0) is 35.9 Å². The molecule has 0 unspecified atom stereocenters. The second-order valence-corrected chi connectivity index (χ2v) is 9.02. The van der Waals surface area contributed by atoms with E-state index in [2.05, 4.69) is 4.98 Å². The normalized spacial score (nSPS) is 11.6. The Morgan fingerprint density at radius 1 is 0.867 bits per heavy atom. The van der Waals surface area contributed by atoms with Gasteiger partial charge < -0.3 is 4.42 Å². The van der Waals surface area contributed by atoms with Crippen molar-refractivity contribution in [3.05, 3.63) is 94.3 Å². The van der Waals surface area contributed by atoms with Crippen LogP contribution in [0.1, 0.15) is 11.5 Å². The van der Waals surface area contributed by atoms with Gasteiger partial charge in [0, 0.05) is 17.5 Å². The number of benzene rings is 3. The first kappa shape index (κ1) is 20.6. The molecule has 5 nitrogen and oxygen atoms in total. The summed E-state index contributed by atoms with van der Waals surface area (Å²) >= 11 is 12.2. The van der Waals surface area contributed by atoms with Crippen LogP contribution in [0.2, 0.25) is 10.0 Å². The van der Waals surface area contributed by atoms with Gasteiger partial charge in [0.2, 0.25) is 10.0 Å². The first-order valence-electron chi connectivity index (χ1n) is 8.93. The van der Waals surface area contributed by atoms with Gasteiger partial charge in [-0.25, -0.2) is 18.5 Å². The lowest BCUT2D eigenvalue weighted by Crippen LogP contribution is -2.11. The van der Waals surface area contributed by atoms with Crippen molar-refractivity contribution in [1.82, 2.24) is 4.98 Å². The van der Waals surface area contributed by atoms with Gasteiger partial charge in [-0.3, -0.25) is 0 Å². The van der Waals surface area contributed by atoms with Gasteiger partial charge in [0.15, 0.2) is 11.7 Å². The fourth-order valence-electron chi connectivity index (χ4n) is 3.04. The Labute approximate surface area is 184 Å². The minimum Gasteiger partial charge on any atom is -0.440 e. The van der Waals surface area contributed by atoms with E-state index in [0.29, 0.717) is 44.9 Å². The van der Waals surface area contributed by atoms with Crippen molar-refractivity contribution in [3.8, 4) is 22.6 Å². The Balaban J connectivity index is 1.81. The highest BCUT2D eigenvalue weighted by Gasteiger charge is 2.19. The fraction of sp³-hybridized carbons (Fsp3) is 0.0455. The molecule has 8 heteroatoms. The van der Waals surface area contributed by atoms with Crippen LogP contribution in [0.4, 0.5) is 0 Å². The summed E-state index contributed by atoms with van der Waals surface area (Å²) < 4.78 is 29.2. The molecule has 3 aromatic carbocycles. The van der Waals surface area contributed by atoms with Gasteiger partial charge in [0.05, 0.1) is 14.9 Å². The Kier molecular flexibility index (Phi) is 5.66. The van der Waals surface area contributed by atoms with E-state index >= 15 is 0 Å². The molecule has 0 bridgehead atoms. The van der Waals surface area contributed by atoms with Gasteiger partial charge in [-0.15, -0.1) is 0 Å². The third-order valence-corrected chi connectivity index (χ3v) is 6.18. The zero-order valence-electron chi connectivity index (χ0n) is 15.5. The van der Waals surface area contributed by atoms with Gasteiger partial charge in [-0.1, -0.05) is 65.7 Å². The number of oxazole rings is 1. The van der Waals surface area contributed by atoms with E-state index in [1.165, 1.54) is 12.1 Å². The molecular weight excluding hydrogens is 443 g/mol. The first-order valence-corrected chi connectivity index (χ1v) is 11.2. The van der Waals surface area contributed by atoms with Crippen LogP contribution < -0.4 is 5.14 Å². The van der Waals surface area contributed by atoms with Gasteiger partial charge in [-0.2, -0.15) is 0 Å². The third-order valence-electron chi connectivity index (χ3n) is 4.51. The molecule has 1 heterocycles. The van der Waals surface area contributed by atoms with Crippen LogP contribution in [-0.2, 0) is 16.4 Å². The van der Waals surface area contributed by atoms with E-state index in [1.54, 1.807) is 30.3 Å². The van der Waals surface area contributed by atoms with Crippen LogP contribution in [0.15, 0.2) is 82.1 Å². The van der Waals surface area contributed by atoms with Crippen molar-refractivity contribution in [2.45, 2.75) is 11.3 Å². The molecule has 0 aliphatic rings. The molecule has 0 atom stereocenters. The van der Waals surface area contributed by atoms with Crippen LogP contribution in [-0.4, -0.2) is 13.4 Å². The number of nitrogens with zero attached hydrogens (tertiary/aromatic N) is 1. The SMILES string of the molecule is NS(=O)(=O)c1ccc(-c2nc(Cc3ccccc3)oc2-c2ccc(Cl)c(Cl)c2)cc1. The minimum absolute atomic E-state index is 0.0235. The van der Waals surface area contributed by atoms with E-state index in [-0.39, 0.29) is 4.90 Å². The van der Waals surface area contributed by atoms with Crippen LogP contribution in [0, 0.1) is 0 Å². The van der Waals surface area contributed by atoms with Crippen LogP contribution in [0.25, 0.3) is 22.6 Å². The number of nitrogens with two attached hydrogens (primary N) is 1. The smallest absolute Gasteiger partial charge is 0.238 e. The predicted octanol–water partition coefficient (Wildman–Crippen LogP) is 5.55. The molecular formula is C22H16Cl2N2O3S. The van der Waals surface area contributed by atoms with Crippen molar-refractivity contribution in [3.63, 3.8) is 0 Å². The Hall–Kier alpha value is -2.64. The van der Waals surface area contributed by atoms with Gasteiger partial charge in [0.1, 0.15) is 5.69 Å². The summed E-state index contributed by atoms with van der Waals surface area (Å²) in [4.78, 5) is 4.70. The number of rotatable bonds is 5. The van der Waals surface area contributed by atoms with Crippen LogP contribution >= 0.6 is 23.2 Å². The fourth-order valence-corrected chi connectivity index (χ4v) is 3.86. The number of primary sulfonamides is 1. The highest BCUT2D eigenvalue weighted by atomic mass is 35.5. The van der Waals surface area contributed by atoms with Crippen molar-refractivity contribution >= 4 is 33.2 Å². The van der Waals surface area contributed by atoms with Gasteiger partial charge in [0.25, 0.3) is 0 Å². The summed E-state index contributed by atoms with van der Waals surface area (Å²) in [5.41, 5.74) is 3.02.